The molecule has 0 bridgehead atoms. The largest absolute Gasteiger partial charge is 0.350 e. The van der Waals surface area contributed by atoms with Crippen molar-refractivity contribution in [3.05, 3.63) is 82.0 Å². The molecular formula is C24H21Cl2N5O2. The molecule has 0 spiro atoms. The Bertz CT molecular complexity index is 1380. The quantitative estimate of drug-likeness (QED) is 0.373. The van der Waals surface area contributed by atoms with Crippen LogP contribution in [-0.2, 0) is 0 Å². The maximum Gasteiger partial charge on any atom is 0.276 e. The third-order valence-corrected chi connectivity index (χ3v) is 5.52. The van der Waals surface area contributed by atoms with Crippen molar-refractivity contribution in [2.75, 3.05) is 5.32 Å². The van der Waals surface area contributed by atoms with Crippen molar-refractivity contribution in [1.82, 2.24) is 19.7 Å². The van der Waals surface area contributed by atoms with Gasteiger partial charge in [0.25, 0.3) is 11.8 Å². The second-order valence-electron chi connectivity index (χ2n) is 7.83. The van der Waals surface area contributed by atoms with Gasteiger partial charge in [-0.2, -0.15) is 0 Å². The molecule has 1 aromatic carbocycles. The smallest absolute Gasteiger partial charge is 0.276 e. The second kappa shape index (κ2) is 9.21. The highest BCUT2D eigenvalue weighted by molar-refractivity contribution is 6.32. The van der Waals surface area contributed by atoms with Crippen LogP contribution >= 0.6 is 23.2 Å². The molecule has 0 saturated heterocycles. The van der Waals surface area contributed by atoms with E-state index < -0.39 is 5.91 Å². The monoisotopic (exact) mass is 481 g/mol. The van der Waals surface area contributed by atoms with Crippen LogP contribution in [0.1, 0.15) is 40.3 Å². The molecular weight excluding hydrogens is 461 g/mol. The third-order valence-electron chi connectivity index (χ3n) is 5.00. The Morgan fingerprint density at radius 2 is 1.85 bits per heavy atom. The highest BCUT2D eigenvalue weighted by atomic mass is 35.5. The number of pyridine rings is 1. The summed E-state index contributed by atoms with van der Waals surface area (Å²) >= 11 is 12.6. The Morgan fingerprint density at radius 1 is 1.06 bits per heavy atom. The molecule has 4 rings (SSSR count). The van der Waals surface area contributed by atoms with Gasteiger partial charge in [0, 0.05) is 29.0 Å². The van der Waals surface area contributed by atoms with E-state index in [1.54, 1.807) is 37.5 Å². The van der Waals surface area contributed by atoms with E-state index in [2.05, 4.69) is 20.6 Å². The van der Waals surface area contributed by atoms with Gasteiger partial charge in [0.05, 0.1) is 28.7 Å². The zero-order valence-corrected chi connectivity index (χ0v) is 19.7. The normalized spacial score (nSPS) is 11.1. The first-order valence-corrected chi connectivity index (χ1v) is 11.0. The van der Waals surface area contributed by atoms with Crippen LogP contribution in [0.2, 0.25) is 10.2 Å². The summed E-state index contributed by atoms with van der Waals surface area (Å²) in [6, 6.07) is 10.4. The number of halogens is 2. The molecule has 3 heterocycles. The fourth-order valence-corrected chi connectivity index (χ4v) is 4.08. The first-order valence-electron chi connectivity index (χ1n) is 10.3. The maximum absolute atomic E-state index is 13.5. The molecule has 0 fully saturated rings. The predicted octanol–water partition coefficient (Wildman–Crippen LogP) is 5.40. The second-order valence-corrected chi connectivity index (χ2v) is 8.62. The van der Waals surface area contributed by atoms with Gasteiger partial charge < -0.3 is 15.0 Å². The highest BCUT2D eigenvalue weighted by Crippen LogP contribution is 2.31. The number of rotatable bonds is 5. The molecule has 3 aromatic heterocycles. The molecule has 168 valence electrons. The first kappa shape index (κ1) is 22.8. The van der Waals surface area contributed by atoms with E-state index in [9.17, 15) is 9.59 Å². The average Bonchev–Trinajstić information content (AvgIpc) is 3.23. The molecule has 0 aliphatic carbocycles. The lowest BCUT2D eigenvalue weighted by Gasteiger charge is -2.17. The number of carbonyl (C=O) groups excluding carboxylic acids is 2. The van der Waals surface area contributed by atoms with Gasteiger partial charge in [0.15, 0.2) is 5.69 Å². The van der Waals surface area contributed by atoms with Crippen molar-refractivity contribution < 1.29 is 9.59 Å². The van der Waals surface area contributed by atoms with E-state index in [0.717, 1.165) is 5.52 Å². The minimum Gasteiger partial charge on any atom is -0.350 e. The number of amides is 2. The molecule has 0 aliphatic heterocycles. The molecule has 0 saturated carbocycles. The van der Waals surface area contributed by atoms with Crippen molar-refractivity contribution in [2.24, 2.45) is 0 Å². The van der Waals surface area contributed by atoms with E-state index in [1.165, 1.54) is 6.07 Å². The van der Waals surface area contributed by atoms with Gasteiger partial charge in [0.1, 0.15) is 5.15 Å². The van der Waals surface area contributed by atoms with Crippen LogP contribution in [0.4, 0.5) is 5.69 Å². The topological polar surface area (TPSA) is 88.4 Å². The molecule has 33 heavy (non-hydrogen) atoms. The van der Waals surface area contributed by atoms with Gasteiger partial charge >= 0.3 is 0 Å². The lowest BCUT2D eigenvalue weighted by atomic mass is 10.1. The third kappa shape index (κ3) is 4.55. The number of hydrogen-bond acceptors (Lipinski definition) is 4. The molecule has 0 atom stereocenters. The number of anilines is 1. The predicted molar refractivity (Wildman–Crippen MR) is 130 cm³/mol. The van der Waals surface area contributed by atoms with E-state index in [4.69, 9.17) is 23.2 Å². The zero-order valence-electron chi connectivity index (χ0n) is 18.2. The van der Waals surface area contributed by atoms with Crippen molar-refractivity contribution in [2.45, 2.75) is 26.8 Å². The van der Waals surface area contributed by atoms with Crippen LogP contribution in [-0.4, -0.2) is 32.2 Å². The van der Waals surface area contributed by atoms with Gasteiger partial charge in [-0.15, -0.1) is 0 Å². The fourth-order valence-electron chi connectivity index (χ4n) is 3.60. The van der Waals surface area contributed by atoms with Gasteiger partial charge in [-0.25, -0.2) is 9.97 Å². The summed E-state index contributed by atoms with van der Waals surface area (Å²) in [5.41, 5.74) is 3.26. The minimum atomic E-state index is -0.496. The standard InChI is InChI=1S/C24H21Cl2N5O2/c1-13(2)29-23(32)18-11-15(25)10-14(3)19(18)30-24(33)20-21(17-7-4-8-27-22(17)26)31-9-5-6-16(31)12-28-20/h4-13H,1-3H3,(H,29,32)(H,30,33). The Balaban J connectivity index is 1.83. The Kier molecular flexibility index (Phi) is 6.35. The summed E-state index contributed by atoms with van der Waals surface area (Å²) in [5.74, 6) is -0.834. The maximum atomic E-state index is 13.5. The van der Waals surface area contributed by atoms with Crippen LogP contribution in [0.5, 0.6) is 0 Å². The lowest BCUT2D eigenvalue weighted by Crippen LogP contribution is -2.31. The summed E-state index contributed by atoms with van der Waals surface area (Å²) in [7, 11) is 0. The van der Waals surface area contributed by atoms with Crippen molar-refractivity contribution in [3.63, 3.8) is 0 Å². The highest BCUT2D eigenvalue weighted by Gasteiger charge is 2.23. The van der Waals surface area contributed by atoms with Crippen molar-refractivity contribution in [3.8, 4) is 11.3 Å². The first-order chi connectivity index (χ1) is 15.8. The zero-order chi connectivity index (χ0) is 23.7. The molecule has 0 aliphatic rings. The number of benzene rings is 1. The number of carbonyl (C=O) groups is 2. The molecule has 9 heteroatoms. The lowest BCUT2D eigenvalue weighted by molar-refractivity contribution is 0.0944. The van der Waals surface area contributed by atoms with Gasteiger partial charge in [-0.1, -0.05) is 23.2 Å². The molecule has 2 amide bonds. The summed E-state index contributed by atoms with van der Waals surface area (Å²) < 4.78 is 1.83. The summed E-state index contributed by atoms with van der Waals surface area (Å²) in [6.45, 7) is 5.48. The number of nitrogens with one attached hydrogen (secondary N) is 2. The Morgan fingerprint density at radius 3 is 2.58 bits per heavy atom. The fraction of sp³-hybridized carbons (Fsp3) is 0.167. The number of aromatic nitrogens is 3. The van der Waals surface area contributed by atoms with Gasteiger partial charge in [-0.3, -0.25) is 9.59 Å². The number of aryl methyl sites for hydroxylation is 1. The minimum absolute atomic E-state index is 0.0857. The molecule has 7 nitrogen and oxygen atoms in total. The SMILES string of the molecule is Cc1cc(Cl)cc(C(=O)NC(C)C)c1NC(=O)c1ncc2cccn2c1-c1cccnc1Cl. The molecule has 0 unspecified atom stereocenters. The average molecular weight is 482 g/mol. The van der Waals surface area contributed by atoms with Crippen LogP contribution in [0.25, 0.3) is 16.8 Å². The van der Waals surface area contributed by atoms with Crippen molar-refractivity contribution in [1.29, 1.82) is 0 Å². The van der Waals surface area contributed by atoms with E-state index in [1.807, 2.05) is 36.6 Å². The van der Waals surface area contributed by atoms with Crippen LogP contribution < -0.4 is 10.6 Å². The van der Waals surface area contributed by atoms with E-state index >= 15 is 0 Å². The Labute approximate surface area is 200 Å². The van der Waals surface area contributed by atoms with Crippen LogP contribution in [0.3, 0.4) is 0 Å². The van der Waals surface area contributed by atoms with Gasteiger partial charge in [-0.05, 0) is 62.7 Å². The van der Waals surface area contributed by atoms with Crippen LogP contribution in [0.15, 0.2) is 55.0 Å². The van der Waals surface area contributed by atoms with Crippen LogP contribution in [0, 0.1) is 6.92 Å². The summed E-state index contributed by atoms with van der Waals surface area (Å²) in [6.07, 6.45) is 5.00. The summed E-state index contributed by atoms with van der Waals surface area (Å²) in [5, 5.41) is 6.35. The van der Waals surface area contributed by atoms with Crippen molar-refractivity contribution >= 4 is 46.2 Å². The summed E-state index contributed by atoms with van der Waals surface area (Å²) in [4.78, 5) is 34.9. The van der Waals surface area contributed by atoms with Gasteiger partial charge in [0.2, 0.25) is 0 Å². The molecule has 2 N–H and O–H groups in total. The van der Waals surface area contributed by atoms with E-state index in [0.29, 0.717) is 27.5 Å². The molecule has 0 radical (unpaired) electrons. The van der Waals surface area contributed by atoms with E-state index in [-0.39, 0.29) is 28.4 Å². The molecule has 4 aromatic rings. The number of nitrogens with zero attached hydrogens (tertiary/aromatic N) is 3. The number of fused-ring (bicyclic) bond motifs is 1. The number of hydrogen-bond donors (Lipinski definition) is 2. The Hall–Kier alpha value is -3.42.